The van der Waals surface area contributed by atoms with Crippen LogP contribution in [0.15, 0.2) is 41.3 Å². The predicted octanol–water partition coefficient (Wildman–Crippen LogP) is 4.09. The number of carbonyl (C=O) groups is 1. The molecule has 0 N–H and O–H groups in total. The molecule has 9 nitrogen and oxygen atoms in total. The minimum atomic E-state index is -3.58. The molecule has 200 valence electrons. The summed E-state index contributed by atoms with van der Waals surface area (Å²) in [5.41, 5.74) is 1.11. The number of rotatable bonds is 9. The summed E-state index contributed by atoms with van der Waals surface area (Å²) in [7, 11) is 3.45. The molecule has 1 aliphatic rings. The van der Waals surface area contributed by atoms with E-state index in [4.69, 9.17) is 14.5 Å². The van der Waals surface area contributed by atoms with E-state index < -0.39 is 10.0 Å². The van der Waals surface area contributed by atoms with Crippen molar-refractivity contribution >= 4 is 42.6 Å². The first-order chi connectivity index (χ1) is 17.7. The number of methoxy groups -OCH3 is 2. The standard InChI is InChI=1S/C26H34N4O5S2/c1-28(2)15-16-30(26-27-21-17-22(34-3)23(35-4)18-24(21)36-26)25(31)19-9-11-20(12-10-19)37(32,33)29-13-7-5-6-8-14-29/h9-12,17-18H,5-8,13-16H2,1-4H3. The summed E-state index contributed by atoms with van der Waals surface area (Å²) in [6.45, 7) is 2.13. The monoisotopic (exact) mass is 546 g/mol. The number of fused-ring (bicyclic) bond motifs is 1. The first-order valence-corrected chi connectivity index (χ1v) is 14.6. The Morgan fingerprint density at radius 3 is 2.19 bits per heavy atom. The second-order valence-corrected chi connectivity index (χ2v) is 12.2. The number of amides is 1. The van der Waals surface area contributed by atoms with E-state index in [1.54, 1.807) is 41.6 Å². The number of aromatic nitrogens is 1. The van der Waals surface area contributed by atoms with E-state index in [0.717, 1.165) is 30.4 Å². The Morgan fingerprint density at radius 2 is 1.59 bits per heavy atom. The summed E-state index contributed by atoms with van der Waals surface area (Å²) in [4.78, 5) is 22.2. The van der Waals surface area contributed by atoms with Crippen LogP contribution in [0.2, 0.25) is 0 Å². The van der Waals surface area contributed by atoms with Gasteiger partial charge in [-0.25, -0.2) is 13.4 Å². The molecule has 0 spiro atoms. The molecule has 0 atom stereocenters. The predicted molar refractivity (Wildman–Crippen MR) is 147 cm³/mol. The lowest BCUT2D eigenvalue weighted by Crippen LogP contribution is -2.36. The number of anilines is 1. The Labute approximate surface area is 222 Å². The molecule has 1 saturated heterocycles. The molecule has 2 heterocycles. The fourth-order valence-corrected chi connectivity index (χ4v) is 6.82. The Balaban J connectivity index is 1.63. The maximum absolute atomic E-state index is 13.7. The summed E-state index contributed by atoms with van der Waals surface area (Å²) in [5.74, 6) is 0.926. The molecular formula is C26H34N4O5S2. The smallest absolute Gasteiger partial charge is 0.260 e. The Kier molecular flexibility index (Phi) is 8.68. The second-order valence-electron chi connectivity index (χ2n) is 9.27. The van der Waals surface area contributed by atoms with Crippen molar-refractivity contribution in [2.75, 3.05) is 59.4 Å². The number of nitrogens with zero attached hydrogens (tertiary/aromatic N) is 4. The second kappa shape index (κ2) is 11.8. The SMILES string of the molecule is COc1cc2nc(N(CCN(C)C)C(=O)c3ccc(S(=O)(=O)N4CCCCCC4)cc3)sc2cc1OC. The van der Waals surface area contributed by atoms with Crippen molar-refractivity contribution in [3.8, 4) is 11.5 Å². The molecule has 0 bridgehead atoms. The largest absolute Gasteiger partial charge is 0.493 e. The number of thiazole rings is 1. The highest BCUT2D eigenvalue weighted by molar-refractivity contribution is 7.89. The van der Waals surface area contributed by atoms with Crippen molar-refractivity contribution in [3.63, 3.8) is 0 Å². The lowest BCUT2D eigenvalue weighted by atomic mass is 10.2. The van der Waals surface area contributed by atoms with Gasteiger partial charge >= 0.3 is 0 Å². The highest BCUT2D eigenvalue weighted by Crippen LogP contribution is 2.37. The van der Waals surface area contributed by atoms with Crippen LogP contribution < -0.4 is 14.4 Å². The number of sulfonamides is 1. The zero-order valence-electron chi connectivity index (χ0n) is 21.8. The highest BCUT2D eigenvalue weighted by atomic mass is 32.2. The minimum absolute atomic E-state index is 0.213. The number of benzene rings is 2. The first-order valence-electron chi connectivity index (χ1n) is 12.3. The molecule has 1 fully saturated rings. The molecule has 0 unspecified atom stereocenters. The molecule has 0 aliphatic carbocycles. The van der Waals surface area contributed by atoms with Crippen molar-refractivity contribution in [3.05, 3.63) is 42.0 Å². The van der Waals surface area contributed by atoms with Crippen LogP contribution in [0.25, 0.3) is 10.2 Å². The molecule has 11 heteroatoms. The third kappa shape index (κ3) is 6.06. The average Bonchev–Trinajstić information content (AvgIpc) is 3.09. The van der Waals surface area contributed by atoms with Crippen LogP contribution in [0, 0.1) is 0 Å². The Hall–Kier alpha value is -2.73. The summed E-state index contributed by atoms with van der Waals surface area (Å²) in [6.07, 6.45) is 3.84. The van der Waals surface area contributed by atoms with Crippen LogP contribution >= 0.6 is 11.3 Å². The van der Waals surface area contributed by atoms with Crippen LogP contribution in [-0.2, 0) is 10.0 Å². The number of ether oxygens (including phenoxy) is 2. The van der Waals surface area contributed by atoms with Gasteiger partial charge in [-0.3, -0.25) is 9.69 Å². The van der Waals surface area contributed by atoms with Gasteiger partial charge in [-0.15, -0.1) is 0 Å². The summed E-state index contributed by atoms with van der Waals surface area (Å²) >= 11 is 1.39. The van der Waals surface area contributed by atoms with Crippen molar-refractivity contribution in [2.24, 2.45) is 0 Å². The Bertz CT molecular complexity index is 1290. The van der Waals surface area contributed by atoms with Crippen LogP contribution in [0.1, 0.15) is 36.0 Å². The molecule has 1 aliphatic heterocycles. The molecule has 0 saturated carbocycles. The van der Waals surface area contributed by atoms with Crippen molar-refractivity contribution in [1.82, 2.24) is 14.2 Å². The third-order valence-corrected chi connectivity index (χ3v) is 9.39. The lowest BCUT2D eigenvalue weighted by Gasteiger charge is -2.22. The average molecular weight is 547 g/mol. The van der Waals surface area contributed by atoms with Gasteiger partial charge in [0.2, 0.25) is 10.0 Å². The van der Waals surface area contributed by atoms with E-state index in [0.29, 0.717) is 53.9 Å². The number of carbonyl (C=O) groups excluding carboxylic acids is 1. The number of hydrogen-bond donors (Lipinski definition) is 0. The minimum Gasteiger partial charge on any atom is -0.493 e. The topological polar surface area (TPSA) is 92.3 Å². The van der Waals surface area contributed by atoms with E-state index in [9.17, 15) is 13.2 Å². The van der Waals surface area contributed by atoms with Gasteiger partial charge in [-0.05, 0) is 51.2 Å². The van der Waals surface area contributed by atoms with Crippen molar-refractivity contribution in [1.29, 1.82) is 0 Å². The van der Waals surface area contributed by atoms with Gasteiger partial charge in [0.15, 0.2) is 16.6 Å². The van der Waals surface area contributed by atoms with Gasteiger partial charge in [-0.1, -0.05) is 24.2 Å². The zero-order chi connectivity index (χ0) is 26.6. The molecule has 1 aromatic heterocycles. The van der Waals surface area contributed by atoms with E-state index in [2.05, 4.69) is 0 Å². The van der Waals surface area contributed by atoms with Crippen LogP contribution in [-0.4, -0.2) is 83.0 Å². The molecule has 2 aromatic carbocycles. The zero-order valence-corrected chi connectivity index (χ0v) is 23.4. The normalized spacial score (nSPS) is 15.1. The first kappa shape index (κ1) is 27.3. The van der Waals surface area contributed by atoms with Gasteiger partial charge in [0.25, 0.3) is 5.91 Å². The summed E-state index contributed by atoms with van der Waals surface area (Å²) in [6, 6.07) is 9.90. The molecule has 3 aromatic rings. The van der Waals surface area contributed by atoms with E-state index in [1.165, 1.54) is 23.5 Å². The lowest BCUT2D eigenvalue weighted by molar-refractivity contribution is 0.0985. The van der Waals surface area contributed by atoms with Crippen molar-refractivity contribution < 1.29 is 22.7 Å². The molecule has 0 radical (unpaired) electrons. The van der Waals surface area contributed by atoms with E-state index >= 15 is 0 Å². The molecule has 37 heavy (non-hydrogen) atoms. The molecule has 4 rings (SSSR count). The fraction of sp³-hybridized carbons (Fsp3) is 0.462. The molecular weight excluding hydrogens is 512 g/mol. The van der Waals surface area contributed by atoms with Crippen LogP contribution in [0.3, 0.4) is 0 Å². The van der Waals surface area contributed by atoms with Gasteiger partial charge in [-0.2, -0.15) is 4.31 Å². The van der Waals surface area contributed by atoms with Crippen molar-refractivity contribution in [2.45, 2.75) is 30.6 Å². The maximum atomic E-state index is 13.7. The Morgan fingerprint density at radius 1 is 0.973 bits per heavy atom. The van der Waals surface area contributed by atoms with Crippen LogP contribution in [0.5, 0.6) is 11.5 Å². The number of likely N-dealkylation sites (N-methyl/N-ethyl adjacent to an activating group) is 1. The highest BCUT2D eigenvalue weighted by Gasteiger charge is 2.27. The quantitative estimate of drug-likeness (QED) is 0.399. The maximum Gasteiger partial charge on any atom is 0.260 e. The van der Waals surface area contributed by atoms with E-state index in [1.807, 2.05) is 25.1 Å². The number of hydrogen-bond acceptors (Lipinski definition) is 8. The molecule has 1 amide bonds. The summed E-state index contributed by atoms with van der Waals surface area (Å²) < 4.78 is 39.5. The fourth-order valence-electron chi connectivity index (χ4n) is 4.30. The van der Waals surface area contributed by atoms with Gasteiger partial charge < -0.3 is 14.4 Å². The van der Waals surface area contributed by atoms with Gasteiger partial charge in [0, 0.05) is 43.9 Å². The van der Waals surface area contributed by atoms with E-state index in [-0.39, 0.29) is 10.8 Å². The van der Waals surface area contributed by atoms with Gasteiger partial charge in [0.1, 0.15) is 0 Å². The van der Waals surface area contributed by atoms with Gasteiger partial charge in [0.05, 0.1) is 29.3 Å². The summed E-state index contributed by atoms with van der Waals surface area (Å²) in [5, 5.41) is 0.554. The third-order valence-electron chi connectivity index (χ3n) is 6.43. The van der Waals surface area contributed by atoms with Crippen LogP contribution in [0.4, 0.5) is 5.13 Å².